The summed E-state index contributed by atoms with van der Waals surface area (Å²) in [5.74, 6) is -5.96. The molecule has 61 nitrogen and oxygen atoms in total. The summed E-state index contributed by atoms with van der Waals surface area (Å²) < 4.78 is 129. The molecule has 0 spiro atoms. The molecule has 0 aromatic rings. The van der Waals surface area contributed by atoms with Crippen LogP contribution in [0.2, 0.25) is 0 Å². The number of amides is 6. The smallest absolute Gasteiger partial charge is 0.217 e. The number of aliphatic hydroxyl groups is 28. The molecule has 61 heteroatoms. The van der Waals surface area contributed by atoms with Crippen LogP contribution in [-0.4, -0.2) is 582 Å². The van der Waals surface area contributed by atoms with Gasteiger partial charge in [0.2, 0.25) is 35.4 Å². The monoisotopic (exact) mass is 2030 g/mol. The highest BCUT2D eigenvalue weighted by Crippen LogP contribution is 2.43. The molecule has 11 aliphatic rings. The van der Waals surface area contributed by atoms with Crippen LogP contribution in [0.25, 0.3) is 0 Å². The molecule has 6 amide bonds. The van der Waals surface area contributed by atoms with Gasteiger partial charge < -0.3 is 274 Å². The maximum absolute atomic E-state index is 13.7. The van der Waals surface area contributed by atoms with Crippen LogP contribution >= 0.6 is 0 Å². The average Bonchev–Trinajstić information content (AvgIpc) is 0.758. The van der Waals surface area contributed by atoms with Gasteiger partial charge in [0.1, 0.15) is 262 Å². The van der Waals surface area contributed by atoms with Crippen LogP contribution in [0.15, 0.2) is 0 Å². The van der Waals surface area contributed by atoms with Crippen LogP contribution in [0.1, 0.15) is 48.5 Å². The molecule has 1 unspecified atom stereocenters. The second-order valence-corrected chi connectivity index (χ2v) is 35.3. The first kappa shape index (κ1) is 114. The first-order valence-electron chi connectivity index (χ1n) is 44.5. The van der Waals surface area contributed by atoms with E-state index in [-0.39, 0.29) is 0 Å². The summed E-state index contributed by atoms with van der Waals surface area (Å²) in [6, 6.07) is -12.1. The summed E-state index contributed by atoms with van der Waals surface area (Å²) in [7, 11) is 0. The highest BCUT2D eigenvalue weighted by atomic mass is 16.8. The molecule has 11 fully saturated rings. The van der Waals surface area contributed by atoms with Gasteiger partial charge in [-0.25, -0.2) is 0 Å². The van der Waals surface area contributed by atoms with Crippen molar-refractivity contribution in [3.8, 4) is 0 Å². The summed E-state index contributed by atoms with van der Waals surface area (Å²) in [6.45, 7) is -5.30. The van der Waals surface area contributed by atoms with Crippen molar-refractivity contribution in [1.29, 1.82) is 0 Å². The number of ether oxygens (including phenoxy) is 21. The topological polar surface area (TPSA) is 935 Å². The van der Waals surface area contributed by atoms with E-state index < -0.39 is 439 Å². The second-order valence-electron chi connectivity index (χ2n) is 35.3. The van der Waals surface area contributed by atoms with Crippen molar-refractivity contribution >= 4 is 35.4 Å². The Morgan fingerprint density at radius 3 is 0.835 bits per heavy atom. The quantitative estimate of drug-likeness (QED) is 0.0277. The minimum Gasteiger partial charge on any atom is -0.394 e. The van der Waals surface area contributed by atoms with E-state index in [1.807, 2.05) is 0 Å². The van der Waals surface area contributed by atoms with Crippen LogP contribution < -0.4 is 31.9 Å². The van der Waals surface area contributed by atoms with Crippen molar-refractivity contribution in [1.82, 2.24) is 31.9 Å². The lowest BCUT2D eigenvalue weighted by atomic mass is 9.93. The van der Waals surface area contributed by atoms with Gasteiger partial charge in [0.05, 0.1) is 72.2 Å². The predicted octanol–water partition coefficient (Wildman–Crippen LogP) is -23.1. The third kappa shape index (κ3) is 25.8. The first-order valence-corrected chi connectivity index (χ1v) is 44.5. The van der Waals surface area contributed by atoms with Crippen LogP contribution in [0.3, 0.4) is 0 Å². The van der Waals surface area contributed by atoms with E-state index in [9.17, 15) is 172 Å². The molecule has 0 bridgehead atoms. The zero-order valence-corrected chi connectivity index (χ0v) is 75.4. The van der Waals surface area contributed by atoms with Gasteiger partial charge in [-0.3, -0.25) is 28.8 Å². The largest absolute Gasteiger partial charge is 0.394 e. The fraction of sp³-hybridized carbons (Fsp3) is 0.923. The Labute approximate surface area is 788 Å². The van der Waals surface area contributed by atoms with Gasteiger partial charge >= 0.3 is 0 Å². The summed E-state index contributed by atoms with van der Waals surface area (Å²) in [5.41, 5.74) is 0. The van der Waals surface area contributed by atoms with Gasteiger partial charge in [0, 0.05) is 41.5 Å². The van der Waals surface area contributed by atoms with E-state index in [1.54, 1.807) is 0 Å². The Balaban J connectivity index is 1.05. The Morgan fingerprint density at radius 2 is 0.446 bits per heavy atom. The standard InChI is InChI=1S/C78H130N6O55/c1-18-41(99)53(111)56(114)74(121-18)119-16-33-63(50(108)35(68(118)122-33)79-19(2)93)133-73-40(84-24(7)98)52(110)61(31(14-91)129-73)135-76-59(117)65(64(136-69-36(80-20(3)94)47(105)42(100)25(8-85)123-69)34(131-76)17-120-77-66(55(113)46(104)29(12-89)127-77)138-70-37(81-21(4)95)48(106)43(101)26(9-86)124-70)137-78-67(139-71-38(82-22(5)96)49(107)44(102)27(10-87)125-71)58(116)62(32(15-92)130-78)132-72-39(83-23(6)97)51(109)60(30(13-90)128-72)134-75-57(115)54(112)45(103)28(11-88)126-75/h18,25-78,85-92,99-118H,8-17H2,1-7H3,(H,79,93)(H,80,94)(H,81,95)(H,82,96)(H,83,97)(H,84,98)/t18-,25+,26+,27+,28+,29+,30+,31+,32+,33+,34+,35+,36+,37+,38+,39+,40+,41+,42+,43+,44+,45-,46+,47+,48+,49+,50+,51+,52+,53+,54-,55-,56-,57+,58-,59-,60+,61+,62+,63+,64+,65+,66-,67-,68?,69-,70-,71-,72-,73-,74+,75-,76-,77-,78+/m0/s1. The fourth-order valence-electron chi connectivity index (χ4n) is 18.1. The Kier molecular flexibility index (Phi) is 41.1. The van der Waals surface area contributed by atoms with E-state index in [2.05, 4.69) is 31.9 Å². The van der Waals surface area contributed by atoms with Crippen LogP contribution in [0.4, 0.5) is 0 Å². The molecule has 139 heavy (non-hydrogen) atoms. The molecular weight excluding hydrogens is 1900 g/mol. The SMILES string of the molecule is CC(=O)N[C@H]1[C@H](O[C@H]2[C@H](O)[C@@H](NC(C)=O)C(O)O[C@@H]2CO[C@@H]2O[C@@H](C)[C@@H](O)[C@@H](O)[C@@H]2O)O[C@H](CO)[C@@H](O[C@@H]2O[C@H](CO[C@H]3O[C@H](CO)[C@@H](O)[C@H](O)[C@@H]3O[C@@H]3O[C@H](CO)[C@@H](O)[C@H](O)[C@H]3NC(C)=O)[C@@H](O[C@@H]3O[C@H](CO)[C@@H](O)[C@H](O)[C@H]3NC(C)=O)[C@H](O[C@H]3O[C@H](CO)[C@@H](O[C@@H]4O[C@H](CO)[C@@H](O[C@@H]5O[C@H](CO)[C@H](O)[C@H](O)[C@H]5O)[C@H](O)[C@H]4NC(C)=O)[C@H](O)[C@@H]3O[C@@H]3O[C@H](CO)[C@@H](O)[C@H](O)[C@H]3NC(C)=O)[C@@H]2O)[C@@H]1O. The molecule has 34 N–H and O–H groups in total. The first-order chi connectivity index (χ1) is 65.7. The number of rotatable bonds is 36. The molecule has 55 atom stereocenters. The zero-order valence-electron chi connectivity index (χ0n) is 75.4. The minimum absolute atomic E-state index is 0.880. The minimum atomic E-state index is -2.88. The Bertz CT molecular complexity index is 3900. The molecule has 0 aromatic carbocycles. The van der Waals surface area contributed by atoms with Crippen LogP contribution in [0, 0.1) is 0 Å². The molecule has 11 saturated heterocycles. The molecular formula is C78H130N6O55. The summed E-state index contributed by atoms with van der Waals surface area (Å²) in [4.78, 5) is 78.8. The molecule has 11 heterocycles. The highest BCUT2D eigenvalue weighted by molar-refractivity contribution is 5.75. The van der Waals surface area contributed by atoms with Gasteiger partial charge in [0.15, 0.2) is 69.2 Å². The lowest BCUT2D eigenvalue weighted by molar-refractivity contribution is -0.413. The van der Waals surface area contributed by atoms with Crippen molar-refractivity contribution in [2.45, 2.75) is 386 Å². The number of carbonyl (C=O) groups excluding carboxylic acids is 6. The summed E-state index contributed by atoms with van der Waals surface area (Å²) in [5, 5.41) is 333. The maximum Gasteiger partial charge on any atom is 0.217 e. The van der Waals surface area contributed by atoms with Crippen molar-refractivity contribution in [2.75, 3.05) is 66.1 Å². The summed E-state index contributed by atoms with van der Waals surface area (Å²) in [6.07, 6.45) is -107. The van der Waals surface area contributed by atoms with Crippen molar-refractivity contribution < 1.29 is 271 Å². The number of hydrogen-bond donors (Lipinski definition) is 34. The molecule has 0 aromatic heterocycles. The molecule has 11 aliphatic heterocycles. The number of carbonyl (C=O) groups is 6. The summed E-state index contributed by atoms with van der Waals surface area (Å²) >= 11 is 0. The Morgan fingerprint density at radius 1 is 0.201 bits per heavy atom. The number of hydrogen-bond acceptors (Lipinski definition) is 55. The number of aliphatic hydroxyl groups excluding tert-OH is 28. The third-order valence-corrected chi connectivity index (χ3v) is 25.3. The fourth-order valence-corrected chi connectivity index (χ4v) is 18.1. The predicted molar refractivity (Wildman–Crippen MR) is 430 cm³/mol. The van der Waals surface area contributed by atoms with Gasteiger partial charge in [-0.15, -0.1) is 0 Å². The Hall–Kier alpha value is -5.14. The second kappa shape index (κ2) is 50.0. The van der Waals surface area contributed by atoms with Gasteiger partial charge in [-0.2, -0.15) is 0 Å². The molecule has 0 radical (unpaired) electrons. The molecule has 0 saturated carbocycles. The van der Waals surface area contributed by atoms with E-state index in [1.165, 1.54) is 6.92 Å². The van der Waals surface area contributed by atoms with Crippen LogP contribution in [-0.2, 0) is 128 Å². The van der Waals surface area contributed by atoms with Gasteiger partial charge in [-0.1, -0.05) is 0 Å². The third-order valence-electron chi connectivity index (χ3n) is 25.3. The normalized spacial score (nSPS) is 48.3. The molecule has 11 rings (SSSR count). The number of nitrogens with one attached hydrogen (secondary N) is 6. The van der Waals surface area contributed by atoms with Crippen molar-refractivity contribution in [3.63, 3.8) is 0 Å². The van der Waals surface area contributed by atoms with E-state index in [4.69, 9.17) is 99.5 Å². The molecule has 0 aliphatic carbocycles. The van der Waals surface area contributed by atoms with Gasteiger partial charge in [-0.05, 0) is 6.92 Å². The van der Waals surface area contributed by atoms with E-state index in [0.29, 0.717) is 0 Å². The molecule has 802 valence electrons. The van der Waals surface area contributed by atoms with Gasteiger partial charge in [0.25, 0.3) is 0 Å². The van der Waals surface area contributed by atoms with E-state index in [0.717, 1.165) is 41.5 Å². The van der Waals surface area contributed by atoms with Crippen molar-refractivity contribution in [3.05, 3.63) is 0 Å². The lowest BCUT2D eigenvalue weighted by Crippen LogP contribution is -2.72. The average molecular weight is 2030 g/mol. The maximum atomic E-state index is 13.7. The zero-order chi connectivity index (χ0) is 102. The van der Waals surface area contributed by atoms with Crippen LogP contribution in [0.5, 0.6) is 0 Å². The van der Waals surface area contributed by atoms with E-state index >= 15 is 0 Å². The highest BCUT2D eigenvalue weighted by Gasteiger charge is 2.64. The van der Waals surface area contributed by atoms with Crippen molar-refractivity contribution in [2.24, 2.45) is 0 Å². The lowest BCUT2D eigenvalue weighted by Gasteiger charge is -2.53.